The average molecular weight is 282 g/mol. The number of hydrogen-bond donors (Lipinski definition) is 1. The molecule has 7 heteroatoms. The van der Waals surface area contributed by atoms with Crippen LogP contribution in [0.4, 0.5) is 19.0 Å². The summed E-state index contributed by atoms with van der Waals surface area (Å²) in [6.45, 7) is 4.08. The highest BCUT2D eigenvalue weighted by atomic mass is 35.5. The molecule has 0 aliphatic rings. The lowest BCUT2D eigenvalue weighted by Gasteiger charge is -2.18. The summed E-state index contributed by atoms with van der Waals surface area (Å²) in [7, 11) is 0. The number of alkyl halides is 4. The Morgan fingerprint density at radius 1 is 1.28 bits per heavy atom. The van der Waals surface area contributed by atoms with Gasteiger partial charge >= 0.3 is 6.18 Å². The zero-order chi connectivity index (χ0) is 13.8. The summed E-state index contributed by atoms with van der Waals surface area (Å²) in [6.07, 6.45) is -3.65. The first kappa shape index (κ1) is 15.0. The molecule has 0 saturated heterocycles. The molecule has 1 N–H and O–H groups in total. The van der Waals surface area contributed by atoms with Crippen molar-refractivity contribution in [3.8, 4) is 0 Å². The second-order valence-corrected chi connectivity index (χ2v) is 4.74. The Balaban J connectivity index is 2.68. The second-order valence-electron chi connectivity index (χ2n) is 4.43. The molecular weight excluding hydrogens is 267 g/mol. The van der Waals surface area contributed by atoms with E-state index in [9.17, 15) is 13.2 Å². The van der Waals surface area contributed by atoms with Crippen molar-refractivity contribution in [1.29, 1.82) is 0 Å². The maximum absolute atomic E-state index is 12.3. The Hall–Kier alpha value is -1.04. The highest BCUT2D eigenvalue weighted by Crippen LogP contribution is 2.27. The van der Waals surface area contributed by atoms with Gasteiger partial charge in [-0.1, -0.05) is 13.8 Å². The fourth-order valence-electron chi connectivity index (χ4n) is 1.50. The number of aromatic nitrogens is 2. The van der Waals surface area contributed by atoms with E-state index < -0.39 is 11.9 Å². The summed E-state index contributed by atoms with van der Waals surface area (Å²) >= 11 is 5.77. The highest BCUT2D eigenvalue weighted by molar-refractivity contribution is 6.18. The van der Waals surface area contributed by atoms with Gasteiger partial charge in [-0.2, -0.15) is 13.2 Å². The Labute approximate surface area is 109 Å². The molecule has 0 aliphatic heterocycles. The van der Waals surface area contributed by atoms with Crippen molar-refractivity contribution in [3.63, 3.8) is 0 Å². The Morgan fingerprint density at radius 3 is 2.33 bits per heavy atom. The third-order valence-electron chi connectivity index (χ3n) is 2.25. The fraction of sp³-hybridized carbons (Fsp3) is 0.636. The van der Waals surface area contributed by atoms with Crippen LogP contribution in [0.1, 0.15) is 26.0 Å². The Morgan fingerprint density at radius 2 is 1.94 bits per heavy atom. The number of halogens is 4. The van der Waals surface area contributed by atoms with Gasteiger partial charge in [-0.15, -0.1) is 21.8 Å². The smallest absolute Gasteiger partial charge is 0.365 e. The van der Waals surface area contributed by atoms with Crippen LogP contribution in [0.15, 0.2) is 12.1 Å². The molecule has 18 heavy (non-hydrogen) atoms. The summed E-state index contributed by atoms with van der Waals surface area (Å²) in [4.78, 5) is 0. The van der Waals surface area contributed by atoms with E-state index in [4.69, 9.17) is 11.6 Å². The van der Waals surface area contributed by atoms with Crippen LogP contribution in [0.25, 0.3) is 0 Å². The zero-order valence-corrected chi connectivity index (χ0v) is 10.9. The van der Waals surface area contributed by atoms with E-state index in [2.05, 4.69) is 15.5 Å². The molecule has 0 amide bonds. The summed E-state index contributed by atoms with van der Waals surface area (Å²) in [6, 6.07) is 2.13. The van der Waals surface area contributed by atoms with Gasteiger partial charge in [-0.05, 0) is 24.5 Å². The third kappa shape index (κ3) is 4.68. The predicted octanol–water partition coefficient (Wildman–Crippen LogP) is 3.56. The van der Waals surface area contributed by atoms with Gasteiger partial charge in [0.25, 0.3) is 0 Å². The van der Waals surface area contributed by atoms with Crippen LogP contribution >= 0.6 is 11.6 Å². The molecule has 1 aromatic rings. The van der Waals surface area contributed by atoms with Gasteiger partial charge in [-0.3, -0.25) is 0 Å². The third-order valence-corrected chi connectivity index (χ3v) is 2.62. The van der Waals surface area contributed by atoms with Crippen LogP contribution in [0.5, 0.6) is 0 Å². The average Bonchev–Trinajstić information content (AvgIpc) is 2.27. The molecule has 1 unspecified atom stereocenters. The van der Waals surface area contributed by atoms with Gasteiger partial charge in [0.15, 0.2) is 5.69 Å². The van der Waals surface area contributed by atoms with Crippen LogP contribution in [0.3, 0.4) is 0 Å². The molecule has 0 radical (unpaired) electrons. The molecule has 0 bridgehead atoms. The van der Waals surface area contributed by atoms with E-state index in [1.54, 1.807) is 0 Å². The van der Waals surface area contributed by atoms with Crippen LogP contribution in [-0.4, -0.2) is 22.1 Å². The molecule has 1 aromatic heterocycles. The Kier molecular flexibility index (Phi) is 5.19. The standard InChI is InChI=1S/C11H15ClF3N3/c1-7(2)5-8(6-12)16-10-4-3-9(17-18-10)11(13,14)15/h3-4,7-8H,5-6H2,1-2H3,(H,16,18). The molecule has 0 fully saturated rings. The lowest BCUT2D eigenvalue weighted by Crippen LogP contribution is -2.24. The molecule has 0 aliphatic carbocycles. The molecule has 0 aromatic carbocycles. The summed E-state index contributed by atoms with van der Waals surface area (Å²) in [5.74, 6) is 1.10. The number of anilines is 1. The van der Waals surface area contributed by atoms with E-state index in [1.165, 1.54) is 6.07 Å². The molecule has 1 atom stereocenters. The fourth-order valence-corrected chi connectivity index (χ4v) is 1.70. The predicted molar refractivity (Wildman–Crippen MR) is 64.6 cm³/mol. The van der Waals surface area contributed by atoms with E-state index in [-0.39, 0.29) is 6.04 Å². The van der Waals surface area contributed by atoms with Crippen LogP contribution in [-0.2, 0) is 6.18 Å². The zero-order valence-electron chi connectivity index (χ0n) is 10.1. The molecule has 0 saturated carbocycles. The van der Waals surface area contributed by atoms with Crippen LogP contribution in [0.2, 0.25) is 0 Å². The van der Waals surface area contributed by atoms with Crippen molar-refractivity contribution in [1.82, 2.24) is 10.2 Å². The molecular formula is C11H15ClF3N3. The summed E-state index contributed by atoms with van der Waals surface area (Å²) in [5.41, 5.74) is -1.00. The maximum Gasteiger partial charge on any atom is 0.435 e. The maximum atomic E-state index is 12.3. The van der Waals surface area contributed by atoms with Crippen LogP contribution in [0, 0.1) is 5.92 Å². The molecule has 1 rings (SSSR count). The van der Waals surface area contributed by atoms with E-state index in [0.29, 0.717) is 17.6 Å². The topological polar surface area (TPSA) is 37.8 Å². The number of nitrogens with zero attached hydrogens (tertiary/aromatic N) is 2. The van der Waals surface area contributed by atoms with Crippen molar-refractivity contribution in [3.05, 3.63) is 17.8 Å². The van der Waals surface area contributed by atoms with E-state index in [1.807, 2.05) is 13.8 Å². The highest BCUT2D eigenvalue weighted by Gasteiger charge is 2.32. The molecule has 0 spiro atoms. The number of rotatable bonds is 5. The minimum Gasteiger partial charge on any atom is -0.365 e. The number of hydrogen-bond acceptors (Lipinski definition) is 3. The van der Waals surface area contributed by atoms with Crippen molar-refractivity contribution >= 4 is 17.4 Å². The van der Waals surface area contributed by atoms with Gasteiger partial charge in [0.2, 0.25) is 0 Å². The van der Waals surface area contributed by atoms with Gasteiger partial charge in [0, 0.05) is 11.9 Å². The SMILES string of the molecule is CC(C)CC(CCl)Nc1ccc(C(F)(F)F)nn1. The first-order valence-electron chi connectivity index (χ1n) is 5.56. The monoisotopic (exact) mass is 281 g/mol. The summed E-state index contributed by atoms with van der Waals surface area (Å²) in [5, 5.41) is 9.60. The molecule has 3 nitrogen and oxygen atoms in total. The summed E-state index contributed by atoms with van der Waals surface area (Å²) < 4.78 is 36.8. The minimum absolute atomic E-state index is 0.0299. The first-order chi connectivity index (χ1) is 8.32. The van der Waals surface area contributed by atoms with Crippen molar-refractivity contribution in [2.45, 2.75) is 32.5 Å². The van der Waals surface area contributed by atoms with Gasteiger partial charge in [0.1, 0.15) is 5.82 Å². The van der Waals surface area contributed by atoms with Gasteiger partial charge in [0.05, 0.1) is 0 Å². The lowest BCUT2D eigenvalue weighted by atomic mass is 10.1. The Bertz CT molecular complexity index is 365. The van der Waals surface area contributed by atoms with Gasteiger partial charge in [-0.25, -0.2) is 0 Å². The quantitative estimate of drug-likeness (QED) is 0.839. The lowest BCUT2D eigenvalue weighted by molar-refractivity contribution is -0.141. The van der Waals surface area contributed by atoms with Crippen molar-refractivity contribution in [2.75, 3.05) is 11.2 Å². The normalized spacial score (nSPS) is 13.7. The van der Waals surface area contributed by atoms with E-state index >= 15 is 0 Å². The molecule has 102 valence electrons. The van der Waals surface area contributed by atoms with Crippen LogP contribution < -0.4 is 5.32 Å². The van der Waals surface area contributed by atoms with Crippen molar-refractivity contribution < 1.29 is 13.2 Å². The van der Waals surface area contributed by atoms with E-state index in [0.717, 1.165) is 12.5 Å². The first-order valence-corrected chi connectivity index (χ1v) is 6.09. The number of nitrogens with one attached hydrogen (secondary N) is 1. The minimum atomic E-state index is -4.46. The van der Waals surface area contributed by atoms with Gasteiger partial charge < -0.3 is 5.32 Å². The molecule has 1 heterocycles. The second kappa shape index (κ2) is 6.22. The van der Waals surface area contributed by atoms with Crippen molar-refractivity contribution in [2.24, 2.45) is 5.92 Å². The largest absolute Gasteiger partial charge is 0.435 e.